The molecule has 0 fully saturated rings. The second kappa shape index (κ2) is 10.5. The van der Waals surface area contributed by atoms with Crippen molar-refractivity contribution in [3.05, 3.63) is 65.2 Å². The third-order valence-corrected chi connectivity index (χ3v) is 3.88. The van der Waals surface area contributed by atoms with Crippen molar-refractivity contribution in [2.75, 3.05) is 6.61 Å². The fraction of sp³-hybridized carbons (Fsp3) is 0.300. The second-order valence-electron chi connectivity index (χ2n) is 5.66. The van der Waals surface area contributed by atoms with Crippen LogP contribution in [0.25, 0.3) is 0 Å². The van der Waals surface area contributed by atoms with Gasteiger partial charge in [0.15, 0.2) is 6.61 Å². The summed E-state index contributed by atoms with van der Waals surface area (Å²) in [6.07, 6.45) is 4.15. The molecule has 0 spiro atoms. The zero-order valence-electron chi connectivity index (χ0n) is 14.4. The van der Waals surface area contributed by atoms with Crippen LogP contribution in [0.1, 0.15) is 38.2 Å². The zero-order valence-corrected chi connectivity index (χ0v) is 15.1. The van der Waals surface area contributed by atoms with Crippen LogP contribution in [0, 0.1) is 0 Å². The normalized spacial score (nSPS) is 11.2. The van der Waals surface area contributed by atoms with Crippen LogP contribution < -0.4 is 10.2 Å². The van der Waals surface area contributed by atoms with E-state index >= 15 is 0 Å². The molecular weight excluding hydrogens is 336 g/mol. The Balaban J connectivity index is 1.91. The molecule has 0 aliphatic rings. The molecule has 0 radical (unpaired) electrons. The summed E-state index contributed by atoms with van der Waals surface area (Å²) in [6, 6.07) is 16.8. The summed E-state index contributed by atoms with van der Waals surface area (Å²) in [5.74, 6) is 0.300. The Morgan fingerprint density at radius 1 is 1.08 bits per heavy atom. The smallest absolute Gasteiger partial charge is 0.277 e. The lowest BCUT2D eigenvalue weighted by Crippen LogP contribution is -2.26. The van der Waals surface area contributed by atoms with E-state index in [9.17, 15) is 4.79 Å². The standard InChI is InChI=1S/C20H23ClN2O2/c1-2-3-5-10-19(16-8-6-4-7-9-16)22-23-20(24)15-25-18-13-11-17(21)12-14-18/h4,6-9,11-14H,2-3,5,10,15H2,1H3,(H,23,24)/b22-19+. The summed E-state index contributed by atoms with van der Waals surface area (Å²) in [5, 5.41) is 4.93. The van der Waals surface area contributed by atoms with Crippen molar-refractivity contribution < 1.29 is 9.53 Å². The molecule has 2 rings (SSSR count). The summed E-state index contributed by atoms with van der Waals surface area (Å²) >= 11 is 5.82. The van der Waals surface area contributed by atoms with E-state index in [-0.39, 0.29) is 12.5 Å². The van der Waals surface area contributed by atoms with Crippen molar-refractivity contribution in [2.24, 2.45) is 5.10 Å². The van der Waals surface area contributed by atoms with Gasteiger partial charge in [0.2, 0.25) is 0 Å². The van der Waals surface area contributed by atoms with Gasteiger partial charge in [0.1, 0.15) is 5.75 Å². The van der Waals surface area contributed by atoms with Gasteiger partial charge in [0, 0.05) is 5.02 Å². The first-order valence-corrected chi connectivity index (χ1v) is 8.86. The number of halogens is 1. The van der Waals surface area contributed by atoms with Gasteiger partial charge in [-0.3, -0.25) is 4.79 Å². The number of nitrogens with zero attached hydrogens (tertiary/aromatic N) is 1. The minimum atomic E-state index is -0.293. The number of hydrogen-bond acceptors (Lipinski definition) is 3. The number of rotatable bonds is 9. The molecule has 0 unspecified atom stereocenters. The van der Waals surface area contributed by atoms with E-state index in [1.54, 1.807) is 24.3 Å². The third kappa shape index (κ3) is 6.98. The molecule has 0 heterocycles. The maximum atomic E-state index is 12.0. The molecule has 0 atom stereocenters. The van der Waals surface area contributed by atoms with E-state index < -0.39 is 0 Å². The summed E-state index contributed by atoms with van der Waals surface area (Å²) < 4.78 is 5.42. The van der Waals surface area contributed by atoms with Crippen LogP contribution in [0.3, 0.4) is 0 Å². The van der Waals surface area contributed by atoms with Gasteiger partial charge in [0.25, 0.3) is 5.91 Å². The quantitative estimate of drug-likeness (QED) is 0.397. The second-order valence-corrected chi connectivity index (χ2v) is 6.10. The van der Waals surface area contributed by atoms with Crippen molar-refractivity contribution in [2.45, 2.75) is 32.6 Å². The highest BCUT2D eigenvalue weighted by atomic mass is 35.5. The molecule has 2 aromatic carbocycles. The highest BCUT2D eigenvalue weighted by Crippen LogP contribution is 2.15. The minimum absolute atomic E-state index is 0.0951. The Morgan fingerprint density at radius 2 is 1.80 bits per heavy atom. The van der Waals surface area contributed by atoms with Crippen molar-refractivity contribution in [1.29, 1.82) is 0 Å². The highest BCUT2D eigenvalue weighted by molar-refractivity contribution is 6.30. The Morgan fingerprint density at radius 3 is 2.48 bits per heavy atom. The fourth-order valence-corrected chi connectivity index (χ4v) is 2.41. The van der Waals surface area contributed by atoms with Crippen LogP contribution in [-0.2, 0) is 4.79 Å². The molecule has 0 aliphatic heterocycles. The summed E-state index contributed by atoms with van der Waals surface area (Å²) in [6.45, 7) is 2.07. The van der Waals surface area contributed by atoms with Gasteiger partial charge in [-0.1, -0.05) is 61.7 Å². The highest BCUT2D eigenvalue weighted by Gasteiger charge is 2.06. The number of hydrogen-bond donors (Lipinski definition) is 1. The number of benzene rings is 2. The summed E-state index contributed by atoms with van der Waals surface area (Å²) in [4.78, 5) is 12.0. The zero-order chi connectivity index (χ0) is 17.9. The molecule has 1 amide bonds. The van der Waals surface area contributed by atoms with E-state index in [0.717, 1.165) is 37.0 Å². The van der Waals surface area contributed by atoms with Gasteiger partial charge in [-0.05, 0) is 42.7 Å². The lowest BCUT2D eigenvalue weighted by atomic mass is 10.0. The number of ether oxygens (including phenoxy) is 1. The van der Waals surface area contributed by atoms with Gasteiger partial charge in [-0.2, -0.15) is 5.10 Å². The molecule has 4 nitrogen and oxygen atoms in total. The topological polar surface area (TPSA) is 50.7 Å². The van der Waals surface area contributed by atoms with E-state index in [1.807, 2.05) is 30.3 Å². The number of nitrogens with one attached hydrogen (secondary N) is 1. The predicted octanol–water partition coefficient (Wildman–Crippen LogP) is 4.82. The number of carbonyl (C=O) groups excluding carboxylic acids is 1. The average molecular weight is 359 g/mol. The summed E-state index contributed by atoms with van der Waals surface area (Å²) in [7, 11) is 0. The molecule has 0 saturated heterocycles. The predicted molar refractivity (Wildman–Crippen MR) is 102 cm³/mol. The monoisotopic (exact) mass is 358 g/mol. The molecule has 0 saturated carbocycles. The van der Waals surface area contributed by atoms with E-state index in [4.69, 9.17) is 16.3 Å². The lowest BCUT2D eigenvalue weighted by molar-refractivity contribution is -0.123. The third-order valence-electron chi connectivity index (χ3n) is 3.62. The lowest BCUT2D eigenvalue weighted by Gasteiger charge is -2.08. The van der Waals surface area contributed by atoms with Crippen LogP contribution in [0.5, 0.6) is 5.75 Å². The number of amides is 1. The van der Waals surface area contributed by atoms with E-state index in [2.05, 4.69) is 17.5 Å². The first-order chi connectivity index (χ1) is 12.2. The molecule has 1 N–H and O–H groups in total. The molecular formula is C20H23ClN2O2. The summed E-state index contributed by atoms with van der Waals surface area (Å²) in [5.41, 5.74) is 4.50. The van der Waals surface area contributed by atoms with Crippen LogP contribution in [-0.4, -0.2) is 18.2 Å². The van der Waals surface area contributed by atoms with Crippen molar-refractivity contribution in [3.8, 4) is 5.75 Å². The van der Waals surface area contributed by atoms with Crippen molar-refractivity contribution in [1.82, 2.24) is 5.43 Å². The van der Waals surface area contributed by atoms with Crippen molar-refractivity contribution >= 4 is 23.2 Å². The molecule has 5 heteroatoms. The van der Waals surface area contributed by atoms with Gasteiger partial charge in [0.05, 0.1) is 5.71 Å². The minimum Gasteiger partial charge on any atom is -0.484 e. The molecule has 0 bridgehead atoms. The Hall–Kier alpha value is -2.33. The molecule has 0 aliphatic carbocycles. The van der Waals surface area contributed by atoms with Crippen LogP contribution in [0.4, 0.5) is 0 Å². The Bertz CT molecular complexity index is 685. The first kappa shape index (κ1) is 19.0. The fourth-order valence-electron chi connectivity index (χ4n) is 2.28. The largest absolute Gasteiger partial charge is 0.484 e. The maximum absolute atomic E-state index is 12.0. The van der Waals surface area contributed by atoms with Crippen LogP contribution in [0.2, 0.25) is 5.02 Å². The van der Waals surface area contributed by atoms with Gasteiger partial charge in [-0.25, -0.2) is 5.43 Å². The van der Waals surface area contributed by atoms with Crippen LogP contribution in [0.15, 0.2) is 59.7 Å². The van der Waals surface area contributed by atoms with Gasteiger partial charge < -0.3 is 4.74 Å². The first-order valence-electron chi connectivity index (χ1n) is 8.48. The van der Waals surface area contributed by atoms with Crippen LogP contribution >= 0.6 is 11.6 Å². The van der Waals surface area contributed by atoms with Gasteiger partial charge in [-0.15, -0.1) is 0 Å². The molecule has 0 aromatic heterocycles. The van der Waals surface area contributed by atoms with Gasteiger partial charge >= 0.3 is 0 Å². The Labute approximate surface area is 153 Å². The number of hydrazone groups is 1. The van der Waals surface area contributed by atoms with E-state index in [1.165, 1.54) is 0 Å². The Kier molecular flexibility index (Phi) is 7.99. The van der Waals surface area contributed by atoms with Crippen molar-refractivity contribution in [3.63, 3.8) is 0 Å². The molecule has 132 valence electrons. The SMILES string of the molecule is CCCCC/C(=N\NC(=O)COc1ccc(Cl)cc1)c1ccccc1. The number of unbranched alkanes of at least 4 members (excludes halogenated alkanes) is 2. The number of carbonyl (C=O) groups is 1. The molecule has 25 heavy (non-hydrogen) atoms. The maximum Gasteiger partial charge on any atom is 0.277 e. The average Bonchev–Trinajstić information content (AvgIpc) is 2.65. The van der Waals surface area contributed by atoms with E-state index in [0.29, 0.717) is 10.8 Å². The molecule has 2 aromatic rings.